The first kappa shape index (κ1) is 16.3. The quantitative estimate of drug-likeness (QED) is 0.441. The first-order chi connectivity index (χ1) is 12.5. The van der Waals surface area contributed by atoms with Crippen LogP contribution in [0.4, 0.5) is 8.78 Å². The molecule has 1 nitrogen and oxygen atoms in total. The molecule has 0 aromatic heterocycles. The Kier molecular flexibility index (Phi) is 3.92. The van der Waals surface area contributed by atoms with E-state index in [1.54, 1.807) is 6.07 Å². The van der Waals surface area contributed by atoms with Crippen molar-refractivity contribution in [2.75, 3.05) is 0 Å². The lowest BCUT2D eigenvalue weighted by molar-refractivity contribution is 0.482. The highest BCUT2D eigenvalue weighted by Crippen LogP contribution is 2.36. The van der Waals surface area contributed by atoms with Gasteiger partial charge in [0.25, 0.3) is 0 Å². The fourth-order valence-corrected chi connectivity index (χ4v) is 3.26. The molecule has 3 heteroatoms. The number of benzene rings is 4. The van der Waals surface area contributed by atoms with Crippen LogP contribution in [0.1, 0.15) is 5.56 Å². The van der Waals surface area contributed by atoms with Gasteiger partial charge < -0.3 is 5.11 Å². The van der Waals surface area contributed by atoms with Gasteiger partial charge in [-0.3, -0.25) is 0 Å². The number of aromatic hydroxyl groups is 1. The molecule has 4 aromatic carbocycles. The lowest BCUT2D eigenvalue weighted by Crippen LogP contribution is -1.88. The summed E-state index contributed by atoms with van der Waals surface area (Å²) in [5.41, 5.74) is 4.26. The Morgan fingerprint density at radius 2 is 1.31 bits per heavy atom. The second-order valence-electron chi connectivity index (χ2n) is 6.38. The molecule has 0 saturated carbocycles. The summed E-state index contributed by atoms with van der Waals surface area (Å²) in [4.78, 5) is 0. The molecule has 0 heterocycles. The molecule has 26 heavy (non-hydrogen) atoms. The standard InChI is InChI=1S/C23H16F2O/c1-14-9-17(15-5-3-2-4-6-15)11-20-19(14)10-18(13-23(20)26)16-7-8-21(24)22(25)12-16/h2-13,26H,1H3. The van der Waals surface area contributed by atoms with Gasteiger partial charge in [0.05, 0.1) is 0 Å². The van der Waals surface area contributed by atoms with Gasteiger partial charge in [-0.05, 0) is 70.5 Å². The average Bonchev–Trinajstić information content (AvgIpc) is 2.65. The lowest BCUT2D eigenvalue weighted by Gasteiger charge is -2.12. The Balaban J connectivity index is 1.90. The smallest absolute Gasteiger partial charge is 0.159 e. The predicted octanol–water partition coefficient (Wildman–Crippen LogP) is 6.47. The molecule has 0 aliphatic heterocycles. The van der Waals surface area contributed by atoms with E-state index < -0.39 is 11.6 Å². The van der Waals surface area contributed by atoms with Crippen LogP contribution in [0.2, 0.25) is 0 Å². The van der Waals surface area contributed by atoms with Crippen LogP contribution >= 0.6 is 0 Å². The molecule has 0 radical (unpaired) electrons. The Bertz CT molecular complexity index is 1120. The highest BCUT2D eigenvalue weighted by atomic mass is 19.2. The Morgan fingerprint density at radius 3 is 2.04 bits per heavy atom. The van der Waals surface area contributed by atoms with Crippen molar-refractivity contribution in [3.63, 3.8) is 0 Å². The predicted molar refractivity (Wildman–Crippen MR) is 101 cm³/mol. The van der Waals surface area contributed by atoms with Gasteiger partial charge >= 0.3 is 0 Å². The van der Waals surface area contributed by atoms with Crippen LogP contribution in [0.25, 0.3) is 33.0 Å². The monoisotopic (exact) mass is 346 g/mol. The molecule has 0 unspecified atom stereocenters. The summed E-state index contributed by atoms with van der Waals surface area (Å²) in [6.45, 7) is 1.98. The third kappa shape index (κ3) is 2.82. The number of aryl methyl sites for hydroxylation is 1. The summed E-state index contributed by atoms with van der Waals surface area (Å²) in [5, 5.41) is 12.2. The minimum atomic E-state index is -0.904. The molecular weight excluding hydrogens is 330 g/mol. The van der Waals surface area contributed by atoms with Crippen molar-refractivity contribution >= 4 is 10.8 Å². The topological polar surface area (TPSA) is 20.2 Å². The Labute approximate surface area is 150 Å². The van der Waals surface area contributed by atoms with Gasteiger partial charge in [0.2, 0.25) is 0 Å². The number of fused-ring (bicyclic) bond motifs is 1. The molecule has 4 rings (SSSR count). The number of halogens is 2. The highest BCUT2D eigenvalue weighted by molar-refractivity contribution is 5.97. The number of rotatable bonds is 2. The molecule has 0 atom stereocenters. The molecule has 4 aromatic rings. The molecule has 0 spiro atoms. The van der Waals surface area contributed by atoms with Crippen molar-refractivity contribution in [2.24, 2.45) is 0 Å². The molecule has 0 fully saturated rings. The maximum absolute atomic E-state index is 13.6. The third-order valence-corrected chi connectivity index (χ3v) is 4.61. The number of hydrogen-bond donors (Lipinski definition) is 1. The molecule has 1 N–H and O–H groups in total. The largest absolute Gasteiger partial charge is 0.507 e. The van der Waals surface area contributed by atoms with Gasteiger partial charge in [0.1, 0.15) is 5.75 Å². The van der Waals surface area contributed by atoms with E-state index in [2.05, 4.69) is 6.07 Å². The summed E-state index contributed by atoms with van der Waals surface area (Å²) in [6.07, 6.45) is 0. The van der Waals surface area contributed by atoms with Crippen LogP contribution in [0, 0.1) is 18.6 Å². The summed E-state index contributed by atoms with van der Waals surface area (Å²) in [5.74, 6) is -1.68. The van der Waals surface area contributed by atoms with Gasteiger partial charge in [0.15, 0.2) is 11.6 Å². The van der Waals surface area contributed by atoms with Crippen LogP contribution in [-0.4, -0.2) is 5.11 Å². The fourth-order valence-electron chi connectivity index (χ4n) is 3.26. The maximum Gasteiger partial charge on any atom is 0.159 e. The summed E-state index contributed by atoms with van der Waals surface area (Å²) in [7, 11) is 0. The molecule has 0 aliphatic carbocycles. The van der Waals surface area contributed by atoms with E-state index in [1.807, 2.05) is 49.4 Å². The van der Waals surface area contributed by atoms with Crippen LogP contribution in [0.3, 0.4) is 0 Å². The van der Waals surface area contributed by atoms with Crippen LogP contribution in [0.5, 0.6) is 5.75 Å². The van der Waals surface area contributed by atoms with Gasteiger partial charge in [-0.1, -0.05) is 42.5 Å². The molecule has 0 aliphatic rings. The Hall–Kier alpha value is -3.20. The molecule has 0 saturated heterocycles. The van der Waals surface area contributed by atoms with Crippen LogP contribution in [0.15, 0.2) is 72.8 Å². The normalized spacial score (nSPS) is 11.0. The van der Waals surface area contributed by atoms with E-state index in [0.29, 0.717) is 11.1 Å². The van der Waals surface area contributed by atoms with E-state index in [-0.39, 0.29) is 5.75 Å². The van der Waals surface area contributed by atoms with E-state index in [9.17, 15) is 13.9 Å². The van der Waals surface area contributed by atoms with E-state index >= 15 is 0 Å². The van der Waals surface area contributed by atoms with Crippen LogP contribution < -0.4 is 0 Å². The summed E-state index contributed by atoms with van der Waals surface area (Å²) in [6, 6.07) is 21.2. The second kappa shape index (κ2) is 6.26. The molecular formula is C23H16F2O. The second-order valence-corrected chi connectivity index (χ2v) is 6.38. The number of phenolic OH excluding ortho intramolecular Hbond substituents is 1. The van der Waals surface area contributed by atoms with Gasteiger partial charge in [-0.25, -0.2) is 8.78 Å². The fraction of sp³-hybridized carbons (Fsp3) is 0.0435. The third-order valence-electron chi connectivity index (χ3n) is 4.61. The van der Waals surface area contributed by atoms with E-state index in [4.69, 9.17) is 0 Å². The van der Waals surface area contributed by atoms with Crippen molar-refractivity contribution in [3.8, 4) is 28.0 Å². The molecule has 128 valence electrons. The first-order valence-corrected chi connectivity index (χ1v) is 8.31. The van der Waals surface area contributed by atoms with Gasteiger partial charge in [-0.2, -0.15) is 0 Å². The lowest BCUT2D eigenvalue weighted by atomic mass is 9.94. The van der Waals surface area contributed by atoms with Crippen molar-refractivity contribution in [2.45, 2.75) is 6.92 Å². The molecule has 0 amide bonds. The zero-order chi connectivity index (χ0) is 18.3. The number of hydrogen-bond acceptors (Lipinski definition) is 1. The minimum Gasteiger partial charge on any atom is -0.507 e. The molecule has 0 bridgehead atoms. The van der Waals surface area contributed by atoms with Crippen LogP contribution in [-0.2, 0) is 0 Å². The maximum atomic E-state index is 13.6. The van der Waals surface area contributed by atoms with Crippen molar-refractivity contribution in [3.05, 3.63) is 90.0 Å². The Morgan fingerprint density at radius 1 is 0.615 bits per heavy atom. The zero-order valence-electron chi connectivity index (χ0n) is 14.1. The van der Waals surface area contributed by atoms with Gasteiger partial charge in [0, 0.05) is 5.39 Å². The van der Waals surface area contributed by atoms with Crippen molar-refractivity contribution in [1.82, 2.24) is 0 Å². The SMILES string of the molecule is Cc1cc(-c2ccccc2)cc2c(O)cc(-c3ccc(F)c(F)c3)cc12. The highest BCUT2D eigenvalue weighted by Gasteiger charge is 2.11. The zero-order valence-corrected chi connectivity index (χ0v) is 14.1. The van der Waals surface area contributed by atoms with Gasteiger partial charge in [-0.15, -0.1) is 0 Å². The number of phenols is 1. The first-order valence-electron chi connectivity index (χ1n) is 8.31. The van der Waals surface area contributed by atoms with E-state index in [1.165, 1.54) is 6.07 Å². The minimum absolute atomic E-state index is 0.114. The average molecular weight is 346 g/mol. The summed E-state index contributed by atoms with van der Waals surface area (Å²) >= 11 is 0. The van der Waals surface area contributed by atoms with Crippen molar-refractivity contribution < 1.29 is 13.9 Å². The summed E-state index contributed by atoms with van der Waals surface area (Å²) < 4.78 is 26.8. The van der Waals surface area contributed by atoms with Crippen molar-refractivity contribution in [1.29, 1.82) is 0 Å². The van der Waals surface area contributed by atoms with E-state index in [0.717, 1.165) is 39.6 Å².